The first-order valence-corrected chi connectivity index (χ1v) is 15.0. The summed E-state index contributed by atoms with van der Waals surface area (Å²) in [4.78, 5) is 59.6. The van der Waals surface area contributed by atoms with Crippen molar-refractivity contribution in [1.82, 2.24) is 30.1 Å². The van der Waals surface area contributed by atoms with Gasteiger partial charge >= 0.3 is 6.03 Å². The summed E-state index contributed by atoms with van der Waals surface area (Å²) in [6.07, 6.45) is 0.307. The van der Waals surface area contributed by atoms with Crippen LogP contribution in [-0.4, -0.2) is 81.4 Å². The number of rotatable bonds is 9. The van der Waals surface area contributed by atoms with Crippen molar-refractivity contribution in [1.29, 1.82) is 0 Å². The molecule has 0 saturated carbocycles. The number of nitrogens with zero attached hydrogens (tertiary/aromatic N) is 5. The van der Waals surface area contributed by atoms with E-state index in [9.17, 15) is 19.2 Å². The molecule has 2 aliphatic heterocycles. The lowest BCUT2D eigenvalue weighted by molar-refractivity contribution is -0.157. The van der Waals surface area contributed by atoms with Crippen LogP contribution in [0, 0.1) is 0 Å². The zero-order valence-corrected chi connectivity index (χ0v) is 24.9. The first-order chi connectivity index (χ1) is 21.3. The van der Waals surface area contributed by atoms with E-state index >= 15 is 0 Å². The van der Waals surface area contributed by atoms with E-state index in [1.54, 1.807) is 34.0 Å². The van der Waals surface area contributed by atoms with Crippen LogP contribution in [0.3, 0.4) is 0 Å². The number of nitrogens with one attached hydrogen (secondary N) is 2. The van der Waals surface area contributed by atoms with Gasteiger partial charge in [0.05, 0.1) is 23.3 Å². The molecule has 1 aromatic heterocycles. The summed E-state index contributed by atoms with van der Waals surface area (Å²) in [6, 6.07) is 21.4. The van der Waals surface area contributed by atoms with E-state index in [1.807, 2.05) is 60.7 Å². The van der Waals surface area contributed by atoms with E-state index in [2.05, 4.69) is 15.6 Å². The highest BCUT2D eigenvalue weighted by Crippen LogP contribution is 2.32. The fourth-order valence-corrected chi connectivity index (χ4v) is 6.62. The Morgan fingerprint density at radius 1 is 1.07 bits per heavy atom. The van der Waals surface area contributed by atoms with Gasteiger partial charge in [-0.15, -0.1) is 0 Å². The number of hydrogen-bond donors (Lipinski definition) is 3. The summed E-state index contributed by atoms with van der Waals surface area (Å²) in [5, 5.41) is 9.12. The second-order valence-electron chi connectivity index (χ2n) is 10.8. The maximum atomic E-state index is 14.1. The molecule has 13 heteroatoms. The van der Waals surface area contributed by atoms with Gasteiger partial charge in [0.25, 0.3) is 0 Å². The van der Waals surface area contributed by atoms with Crippen molar-refractivity contribution in [2.75, 3.05) is 31.2 Å². The summed E-state index contributed by atoms with van der Waals surface area (Å²) >= 11 is 1.39. The van der Waals surface area contributed by atoms with E-state index in [1.165, 1.54) is 16.3 Å². The highest BCUT2D eigenvalue weighted by atomic mass is 32.1. The third-order valence-electron chi connectivity index (χ3n) is 8.02. The number of piperazine rings is 1. The quantitative estimate of drug-likeness (QED) is 0.247. The molecule has 6 rings (SSSR count). The Balaban J connectivity index is 1.28. The summed E-state index contributed by atoms with van der Waals surface area (Å²) in [5.74, 6) is -0.424. The Morgan fingerprint density at radius 2 is 1.84 bits per heavy atom. The molecule has 3 heterocycles. The average molecular weight is 613 g/mol. The Hall–Kier alpha value is -5.01. The van der Waals surface area contributed by atoms with Gasteiger partial charge in [-0.1, -0.05) is 65.9 Å². The number of urea groups is 1. The minimum absolute atomic E-state index is 0.0437. The third-order valence-corrected chi connectivity index (χ3v) is 8.87. The monoisotopic (exact) mass is 612 g/mol. The molecular formula is C31H32N8O4S. The molecule has 2 saturated heterocycles. The van der Waals surface area contributed by atoms with E-state index in [0.717, 1.165) is 26.9 Å². The Kier molecular flexibility index (Phi) is 8.13. The molecule has 0 unspecified atom stereocenters. The second kappa shape index (κ2) is 12.3. The number of nitrogens with two attached hydrogens (primary N) is 1. The molecule has 44 heavy (non-hydrogen) atoms. The lowest BCUT2D eigenvalue weighted by Gasteiger charge is -2.45. The van der Waals surface area contributed by atoms with Crippen molar-refractivity contribution in [2.24, 2.45) is 0 Å². The number of hydrogen-bond acceptors (Lipinski definition) is 8. The molecule has 0 spiro atoms. The van der Waals surface area contributed by atoms with Gasteiger partial charge in [-0.2, -0.15) is 5.01 Å². The van der Waals surface area contributed by atoms with Gasteiger partial charge in [-0.25, -0.2) is 9.78 Å². The maximum Gasteiger partial charge on any atom is 0.332 e. The topological polar surface area (TPSA) is 144 Å². The van der Waals surface area contributed by atoms with Gasteiger partial charge in [0.1, 0.15) is 12.2 Å². The maximum absolute atomic E-state index is 14.1. The van der Waals surface area contributed by atoms with Crippen LogP contribution in [0.25, 0.3) is 10.2 Å². The molecule has 2 atom stereocenters. The SMILES string of the molecule is CN(C(=O)NCc1ccccc1)N1CC(=O)N2[C@@H](Cc3ccc(NC=O)cc3)C(=O)N(Cc3cccc4sc(N)nc34)C[C@@H]21. The molecule has 2 aliphatic rings. The highest BCUT2D eigenvalue weighted by Gasteiger charge is 2.51. The number of fused-ring (bicyclic) bond motifs is 2. The van der Waals surface area contributed by atoms with Crippen LogP contribution in [0.2, 0.25) is 0 Å². The third kappa shape index (κ3) is 5.79. The molecule has 0 bridgehead atoms. The molecule has 226 valence electrons. The zero-order valence-electron chi connectivity index (χ0n) is 24.1. The summed E-state index contributed by atoms with van der Waals surface area (Å²) < 4.78 is 0.930. The van der Waals surface area contributed by atoms with Gasteiger partial charge in [0.15, 0.2) is 5.13 Å². The molecule has 2 fully saturated rings. The van der Waals surface area contributed by atoms with Crippen LogP contribution in [0.5, 0.6) is 0 Å². The lowest BCUT2D eigenvalue weighted by Crippen LogP contribution is -2.65. The Bertz CT molecular complexity index is 1700. The first-order valence-electron chi connectivity index (χ1n) is 14.2. The molecule has 0 radical (unpaired) electrons. The van der Waals surface area contributed by atoms with Gasteiger partial charge in [0, 0.05) is 32.2 Å². The van der Waals surface area contributed by atoms with Gasteiger partial charge < -0.3 is 26.2 Å². The van der Waals surface area contributed by atoms with Gasteiger partial charge in [-0.3, -0.25) is 19.4 Å². The van der Waals surface area contributed by atoms with Crippen LogP contribution in [0.1, 0.15) is 16.7 Å². The van der Waals surface area contributed by atoms with E-state index in [0.29, 0.717) is 23.8 Å². The molecule has 4 aromatic rings. The van der Waals surface area contributed by atoms with Gasteiger partial charge in [-0.05, 0) is 34.9 Å². The number of anilines is 2. The van der Waals surface area contributed by atoms with Crippen molar-refractivity contribution in [3.05, 3.63) is 89.5 Å². The highest BCUT2D eigenvalue weighted by molar-refractivity contribution is 7.22. The zero-order chi connectivity index (χ0) is 30.8. The van der Waals surface area contributed by atoms with Crippen molar-refractivity contribution in [2.45, 2.75) is 31.7 Å². The molecule has 5 amide bonds. The number of benzene rings is 3. The Labute approximate surface area is 258 Å². The van der Waals surface area contributed by atoms with Crippen molar-refractivity contribution >= 4 is 56.6 Å². The number of nitrogen functional groups attached to an aromatic ring is 1. The number of para-hydroxylation sites is 1. The normalized spacial score (nSPS) is 18.4. The second-order valence-corrected chi connectivity index (χ2v) is 11.8. The molecule has 0 aliphatic carbocycles. The minimum Gasteiger partial charge on any atom is -0.375 e. The van der Waals surface area contributed by atoms with Crippen molar-refractivity contribution in [3.63, 3.8) is 0 Å². The number of hydrazine groups is 1. The lowest BCUT2D eigenvalue weighted by atomic mass is 9.99. The van der Waals surface area contributed by atoms with Crippen LogP contribution in [0.4, 0.5) is 15.6 Å². The van der Waals surface area contributed by atoms with Crippen LogP contribution >= 0.6 is 11.3 Å². The predicted octanol–water partition coefficient (Wildman–Crippen LogP) is 2.63. The van der Waals surface area contributed by atoms with Crippen LogP contribution < -0.4 is 16.4 Å². The average Bonchev–Trinajstić information content (AvgIpc) is 3.58. The van der Waals surface area contributed by atoms with Gasteiger partial charge in [0.2, 0.25) is 18.2 Å². The van der Waals surface area contributed by atoms with Crippen LogP contribution in [-0.2, 0) is 33.9 Å². The predicted molar refractivity (Wildman–Crippen MR) is 167 cm³/mol. The fourth-order valence-electron chi connectivity index (χ4n) is 5.84. The largest absolute Gasteiger partial charge is 0.375 e. The van der Waals surface area contributed by atoms with Crippen molar-refractivity contribution in [3.8, 4) is 0 Å². The molecule has 3 aromatic carbocycles. The Morgan fingerprint density at radius 3 is 2.59 bits per heavy atom. The standard InChI is InChI=1S/C31H32N8O4S/c1-36(31(43)33-15-21-6-3-2-4-7-21)38-18-27(41)39-24(14-20-10-12-23(13-11-20)34-19-40)29(42)37(17-26(38)39)16-22-8-5-9-25-28(22)35-30(32)44-25/h2-13,19,24,26H,14-18H2,1H3,(H2,32,35)(H,33,43)(H,34,40)/t24-,26+/m0/s1. The van der Waals surface area contributed by atoms with E-state index in [4.69, 9.17) is 5.73 Å². The first kappa shape index (κ1) is 29.1. The van der Waals surface area contributed by atoms with E-state index < -0.39 is 12.2 Å². The smallest absolute Gasteiger partial charge is 0.332 e. The minimum atomic E-state index is -0.795. The summed E-state index contributed by atoms with van der Waals surface area (Å²) in [5.41, 5.74) is 10.00. The molecular weight excluding hydrogens is 580 g/mol. The summed E-state index contributed by atoms with van der Waals surface area (Å²) in [7, 11) is 1.63. The number of aromatic nitrogens is 1. The molecule has 4 N–H and O–H groups in total. The number of carbonyl (C=O) groups excluding carboxylic acids is 4. The number of thiazole rings is 1. The number of carbonyl (C=O) groups is 4. The van der Waals surface area contributed by atoms with Crippen LogP contribution in [0.15, 0.2) is 72.8 Å². The van der Waals surface area contributed by atoms with E-state index in [-0.39, 0.29) is 43.9 Å². The number of amides is 5. The van der Waals surface area contributed by atoms with Crippen molar-refractivity contribution < 1.29 is 19.2 Å². The summed E-state index contributed by atoms with van der Waals surface area (Å²) in [6.45, 7) is 0.769. The molecule has 12 nitrogen and oxygen atoms in total. The fraction of sp³-hybridized carbons (Fsp3) is 0.258.